The summed E-state index contributed by atoms with van der Waals surface area (Å²) in [6.07, 6.45) is 5.57. The maximum absolute atomic E-state index is 3.68. The van der Waals surface area contributed by atoms with Gasteiger partial charge in [-0.05, 0) is 69.5 Å². The predicted molar refractivity (Wildman–Crippen MR) is 83.4 cm³/mol. The van der Waals surface area contributed by atoms with E-state index in [1.807, 2.05) is 0 Å². The molecular formula is C17H34N2. The molecule has 0 aromatic rings. The summed E-state index contributed by atoms with van der Waals surface area (Å²) in [5, 5.41) is 3.68. The van der Waals surface area contributed by atoms with Crippen LogP contribution < -0.4 is 5.32 Å². The largest absolute Gasteiger partial charge is 0.314 e. The normalized spacial score (nSPS) is 26.4. The maximum atomic E-state index is 3.68. The van der Waals surface area contributed by atoms with Crippen LogP contribution >= 0.6 is 0 Å². The van der Waals surface area contributed by atoms with Crippen molar-refractivity contribution in [2.45, 2.75) is 72.4 Å². The molecule has 112 valence electrons. The Labute approximate surface area is 120 Å². The number of piperidine rings is 1. The highest BCUT2D eigenvalue weighted by Gasteiger charge is 2.31. The van der Waals surface area contributed by atoms with Gasteiger partial charge in [-0.1, -0.05) is 27.7 Å². The first-order valence-corrected chi connectivity index (χ1v) is 8.35. The highest BCUT2D eigenvalue weighted by Crippen LogP contribution is 2.35. The van der Waals surface area contributed by atoms with E-state index in [2.05, 4.69) is 44.8 Å². The Kier molecular flexibility index (Phi) is 4.94. The quantitative estimate of drug-likeness (QED) is 0.819. The van der Waals surface area contributed by atoms with Gasteiger partial charge in [-0.2, -0.15) is 0 Å². The van der Waals surface area contributed by atoms with Gasteiger partial charge < -0.3 is 10.2 Å². The van der Waals surface area contributed by atoms with Crippen LogP contribution in [0.4, 0.5) is 0 Å². The molecule has 0 aromatic carbocycles. The van der Waals surface area contributed by atoms with E-state index < -0.39 is 0 Å². The Morgan fingerprint density at radius 3 is 2.11 bits per heavy atom. The Morgan fingerprint density at radius 1 is 1.05 bits per heavy atom. The van der Waals surface area contributed by atoms with Crippen LogP contribution in [0.2, 0.25) is 0 Å². The minimum Gasteiger partial charge on any atom is -0.314 e. The van der Waals surface area contributed by atoms with Gasteiger partial charge >= 0.3 is 0 Å². The Balaban J connectivity index is 1.73. The average molecular weight is 266 g/mol. The van der Waals surface area contributed by atoms with Gasteiger partial charge in [0.25, 0.3) is 0 Å². The fourth-order valence-electron chi connectivity index (χ4n) is 3.34. The van der Waals surface area contributed by atoms with Gasteiger partial charge in [0.05, 0.1) is 0 Å². The second-order valence-corrected chi connectivity index (χ2v) is 8.08. The van der Waals surface area contributed by atoms with Crippen molar-refractivity contribution in [1.29, 1.82) is 0 Å². The van der Waals surface area contributed by atoms with Crippen LogP contribution in [0, 0.1) is 17.3 Å². The number of nitrogens with zero attached hydrogens (tertiary/aromatic N) is 1. The third kappa shape index (κ3) is 4.46. The molecular weight excluding hydrogens is 232 g/mol. The molecule has 1 saturated heterocycles. The first-order valence-electron chi connectivity index (χ1n) is 8.35. The van der Waals surface area contributed by atoms with Crippen LogP contribution in [0.5, 0.6) is 0 Å². The molecule has 1 saturated carbocycles. The molecule has 0 radical (unpaired) electrons. The monoisotopic (exact) mass is 266 g/mol. The number of rotatable bonds is 5. The summed E-state index contributed by atoms with van der Waals surface area (Å²) >= 11 is 0. The fourth-order valence-corrected chi connectivity index (χ4v) is 3.34. The van der Waals surface area contributed by atoms with Crippen LogP contribution in [0.1, 0.15) is 60.3 Å². The van der Waals surface area contributed by atoms with Crippen LogP contribution in [-0.4, -0.2) is 36.6 Å². The highest BCUT2D eigenvalue weighted by atomic mass is 15.2. The summed E-state index contributed by atoms with van der Waals surface area (Å²) in [5.41, 5.74) is 0.495. The molecule has 2 aliphatic rings. The van der Waals surface area contributed by atoms with Crippen molar-refractivity contribution < 1.29 is 0 Å². The lowest BCUT2D eigenvalue weighted by Gasteiger charge is -2.42. The third-order valence-electron chi connectivity index (χ3n) is 5.46. The van der Waals surface area contributed by atoms with Crippen molar-refractivity contribution in [2.75, 3.05) is 19.6 Å². The average Bonchev–Trinajstić information content (AvgIpc) is 3.18. The summed E-state index contributed by atoms with van der Waals surface area (Å²) in [7, 11) is 0. The van der Waals surface area contributed by atoms with Crippen LogP contribution in [0.15, 0.2) is 0 Å². The third-order valence-corrected chi connectivity index (χ3v) is 5.46. The van der Waals surface area contributed by atoms with Gasteiger partial charge in [-0.25, -0.2) is 0 Å². The molecule has 1 heterocycles. The molecule has 1 N–H and O–H groups in total. The van der Waals surface area contributed by atoms with Gasteiger partial charge in [0.1, 0.15) is 0 Å². The zero-order valence-corrected chi connectivity index (χ0v) is 13.7. The summed E-state index contributed by atoms with van der Waals surface area (Å²) in [5.74, 6) is 1.68. The minimum atomic E-state index is 0.495. The Hall–Kier alpha value is -0.0800. The van der Waals surface area contributed by atoms with Crippen molar-refractivity contribution in [1.82, 2.24) is 10.2 Å². The number of hydrogen-bond donors (Lipinski definition) is 1. The first kappa shape index (κ1) is 15.3. The SMILES string of the molecule is CC(CNC1CC1)C(C)N1CCC(C(C)(C)C)CC1. The van der Waals surface area contributed by atoms with E-state index >= 15 is 0 Å². The molecule has 1 aliphatic heterocycles. The fraction of sp³-hybridized carbons (Fsp3) is 1.00. The summed E-state index contributed by atoms with van der Waals surface area (Å²) in [6.45, 7) is 15.8. The molecule has 2 heteroatoms. The first-order chi connectivity index (χ1) is 8.88. The van der Waals surface area contributed by atoms with Crippen LogP contribution in [-0.2, 0) is 0 Å². The van der Waals surface area contributed by atoms with Gasteiger partial charge in [-0.3, -0.25) is 0 Å². The van der Waals surface area contributed by atoms with Gasteiger partial charge in [0, 0.05) is 12.1 Å². The number of nitrogens with one attached hydrogen (secondary N) is 1. The molecule has 2 rings (SSSR count). The molecule has 2 nitrogen and oxygen atoms in total. The zero-order valence-electron chi connectivity index (χ0n) is 13.7. The second kappa shape index (κ2) is 6.13. The lowest BCUT2D eigenvalue weighted by Crippen LogP contribution is -2.46. The lowest BCUT2D eigenvalue weighted by atomic mass is 9.75. The van der Waals surface area contributed by atoms with E-state index in [-0.39, 0.29) is 0 Å². The molecule has 2 fully saturated rings. The molecule has 19 heavy (non-hydrogen) atoms. The topological polar surface area (TPSA) is 15.3 Å². The van der Waals surface area contributed by atoms with Crippen molar-refractivity contribution >= 4 is 0 Å². The van der Waals surface area contributed by atoms with E-state index in [4.69, 9.17) is 0 Å². The van der Waals surface area contributed by atoms with E-state index in [0.717, 1.165) is 23.9 Å². The Morgan fingerprint density at radius 2 is 1.63 bits per heavy atom. The number of hydrogen-bond acceptors (Lipinski definition) is 2. The minimum absolute atomic E-state index is 0.495. The summed E-state index contributed by atoms with van der Waals surface area (Å²) in [6, 6.07) is 1.58. The summed E-state index contributed by atoms with van der Waals surface area (Å²) < 4.78 is 0. The molecule has 2 unspecified atom stereocenters. The molecule has 2 atom stereocenters. The maximum Gasteiger partial charge on any atom is 0.0105 e. The zero-order chi connectivity index (χ0) is 14.0. The molecule has 1 aliphatic carbocycles. The van der Waals surface area contributed by atoms with Gasteiger partial charge in [0.15, 0.2) is 0 Å². The molecule has 0 aromatic heterocycles. The van der Waals surface area contributed by atoms with E-state index in [1.165, 1.54) is 45.3 Å². The van der Waals surface area contributed by atoms with E-state index in [9.17, 15) is 0 Å². The van der Waals surface area contributed by atoms with Crippen molar-refractivity contribution in [3.8, 4) is 0 Å². The Bertz CT molecular complexity index is 269. The molecule has 0 spiro atoms. The summed E-state index contributed by atoms with van der Waals surface area (Å²) in [4.78, 5) is 2.72. The highest BCUT2D eigenvalue weighted by molar-refractivity contribution is 4.86. The van der Waals surface area contributed by atoms with Crippen molar-refractivity contribution in [2.24, 2.45) is 17.3 Å². The van der Waals surface area contributed by atoms with Crippen LogP contribution in [0.3, 0.4) is 0 Å². The van der Waals surface area contributed by atoms with Crippen LogP contribution in [0.25, 0.3) is 0 Å². The predicted octanol–water partition coefficient (Wildman–Crippen LogP) is 3.52. The van der Waals surface area contributed by atoms with Crippen molar-refractivity contribution in [3.05, 3.63) is 0 Å². The lowest BCUT2D eigenvalue weighted by molar-refractivity contribution is 0.0696. The van der Waals surface area contributed by atoms with E-state index in [1.54, 1.807) is 0 Å². The van der Waals surface area contributed by atoms with Gasteiger partial charge in [-0.15, -0.1) is 0 Å². The van der Waals surface area contributed by atoms with Gasteiger partial charge in [0.2, 0.25) is 0 Å². The van der Waals surface area contributed by atoms with Crippen molar-refractivity contribution in [3.63, 3.8) is 0 Å². The molecule has 0 bridgehead atoms. The second-order valence-electron chi connectivity index (χ2n) is 8.08. The smallest absolute Gasteiger partial charge is 0.0105 e. The number of likely N-dealkylation sites (tertiary alicyclic amines) is 1. The van der Waals surface area contributed by atoms with E-state index in [0.29, 0.717) is 5.41 Å². The molecule has 0 amide bonds. The standard InChI is InChI=1S/C17H34N2/c1-13(12-18-16-6-7-16)14(2)19-10-8-15(9-11-19)17(3,4)5/h13-16,18H,6-12H2,1-5H3.